The Morgan fingerprint density at radius 3 is 2.39 bits per heavy atom. The second-order valence-electron chi connectivity index (χ2n) is 6.00. The predicted octanol–water partition coefficient (Wildman–Crippen LogP) is 1.65. The molecule has 0 aromatic heterocycles. The molecule has 0 aliphatic carbocycles. The molecule has 0 bridgehead atoms. The lowest BCUT2D eigenvalue weighted by molar-refractivity contribution is -0.161. The van der Waals surface area contributed by atoms with E-state index in [1.807, 2.05) is 20.8 Å². The van der Waals surface area contributed by atoms with Gasteiger partial charge in [0.15, 0.2) is 0 Å². The molecular formula is C14H28N2O2. The largest absolute Gasteiger partial charge is 0.460 e. The molecule has 0 aromatic carbocycles. The van der Waals surface area contributed by atoms with Gasteiger partial charge < -0.3 is 10.1 Å². The van der Waals surface area contributed by atoms with Gasteiger partial charge in [0.1, 0.15) is 5.60 Å². The van der Waals surface area contributed by atoms with Crippen LogP contribution in [0.3, 0.4) is 0 Å². The maximum atomic E-state index is 12.1. The van der Waals surface area contributed by atoms with Crippen molar-refractivity contribution in [2.24, 2.45) is 5.92 Å². The summed E-state index contributed by atoms with van der Waals surface area (Å²) in [5.74, 6) is -0.0737. The van der Waals surface area contributed by atoms with Gasteiger partial charge in [0.25, 0.3) is 0 Å². The fourth-order valence-electron chi connectivity index (χ4n) is 2.50. The minimum Gasteiger partial charge on any atom is -0.460 e. The average Bonchev–Trinajstić information content (AvgIpc) is 2.29. The maximum absolute atomic E-state index is 12.1. The van der Waals surface area contributed by atoms with Crippen LogP contribution in [0.25, 0.3) is 0 Å². The van der Waals surface area contributed by atoms with E-state index in [9.17, 15) is 4.79 Å². The Hall–Kier alpha value is -0.610. The molecule has 1 saturated heterocycles. The lowest BCUT2D eigenvalue weighted by Crippen LogP contribution is -2.51. The Kier molecular flexibility index (Phi) is 5.60. The number of ether oxygens (including phenoxy) is 1. The van der Waals surface area contributed by atoms with Crippen LogP contribution in [0.4, 0.5) is 0 Å². The Labute approximate surface area is 111 Å². The number of piperidine rings is 1. The summed E-state index contributed by atoms with van der Waals surface area (Å²) in [7, 11) is 0. The molecule has 1 fully saturated rings. The molecule has 0 radical (unpaired) electrons. The van der Waals surface area contributed by atoms with E-state index in [0.29, 0.717) is 6.04 Å². The van der Waals surface area contributed by atoms with Crippen molar-refractivity contribution in [1.82, 2.24) is 10.2 Å². The Morgan fingerprint density at radius 1 is 1.28 bits per heavy atom. The molecule has 1 heterocycles. The van der Waals surface area contributed by atoms with Gasteiger partial charge in [0.05, 0.1) is 5.92 Å². The zero-order chi connectivity index (χ0) is 13.8. The van der Waals surface area contributed by atoms with Gasteiger partial charge in [0, 0.05) is 19.1 Å². The molecular weight excluding hydrogens is 228 g/mol. The van der Waals surface area contributed by atoms with Crippen molar-refractivity contribution in [3.05, 3.63) is 0 Å². The van der Waals surface area contributed by atoms with Gasteiger partial charge in [-0.1, -0.05) is 13.8 Å². The summed E-state index contributed by atoms with van der Waals surface area (Å²) in [5, 5.41) is 3.36. The van der Waals surface area contributed by atoms with Crippen LogP contribution in [0.2, 0.25) is 0 Å². The van der Waals surface area contributed by atoms with Gasteiger partial charge in [-0.3, -0.25) is 9.69 Å². The minimum atomic E-state index is -0.390. The van der Waals surface area contributed by atoms with Crippen LogP contribution in [0, 0.1) is 5.92 Å². The van der Waals surface area contributed by atoms with Crippen molar-refractivity contribution >= 4 is 5.97 Å². The lowest BCUT2D eigenvalue weighted by Gasteiger charge is -2.36. The van der Waals surface area contributed by atoms with Crippen molar-refractivity contribution in [3.63, 3.8) is 0 Å². The molecule has 4 nitrogen and oxygen atoms in total. The number of likely N-dealkylation sites (N-methyl/N-ethyl adjacent to an activating group) is 1. The van der Waals surface area contributed by atoms with Crippen LogP contribution < -0.4 is 5.32 Å². The molecule has 0 saturated carbocycles. The predicted molar refractivity (Wildman–Crippen MR) is 73.5 cm³/mol. The molecule has 2 atom stereocenters. The van der Waals surface area contributed by atoms with Gasteiger partial charge in [-0.25, -0.2) is 0 Å². The van der Waals surface area contributed by atoms with Crippen LogP contribution in [0.15, 0.2) is 0 Å². The van der Waals surface area contributed by atoms with Crippen LogP contribution in [-0.2, 0) is 9.53 Å². The SMILES string of the molecule is CCN(CC)[C@H]1CNC[C@@H](C(=O)OC(C)(C)C)C1. The van der Waals surface area contributed by atoms with E-state index in [2.05, 4.69) is 24.1 Å². The summed E-state index contributed by atoms with van der Waals surface area (Å²) < 4.78 is 5.48. The van der Waals surface area contributed by atoms with Gasteiger partial charge in [-0.05, 0) is 40.3 Å². The van der Waals surface area contributed by atoms with Crippen LogP contribution in [0.5, 0.6) is 0 Å². The number of carbonyl (C=O) groups is 1. The molecule has 0 aromatic rings. The third kappa shape index (κ3) is 4.58. The number of hydrogen-bond donors (Lipinski definition) is 1. The number of carbonyl (C=O) groups excluding carboxylic acids is 1. The van der Waals surface area contributed by atoms with Crippen LogP contribution >= 0.6 is 0 Å². The van der Waals surface area contributed by atoms with Crippen LogP contribution in [-0.4, -0.2) is 48.7 Å². The zero-order valence-electron chi connectivity index (χ0n) is 12.5. The number of hydrogen-bond acceptors (Lipinski definition) is 4. The van der Waals surface area contributed by atoms with Crippen molar-refractivity contribution in [3.8, 4) is 0 Å². The second-order valence-corrected chi connectivity index (χ2v) is 6.00. The summed E-state index contributed by atoms with van der Waals surface area (Å²) in [6.45, 7) is 13.9. The fraction of sp³-hybridized carbons (Fsp3) is 0.929. The first-order valence-electron chi connectivity index (χ1n) is 7.05. The first-order chi connectivity index (χ1) is 8.37. The molecule has 18 heavy (non-hydrogen) atoms. The molecule has 4 heteroatoms. The van der Waals surface area contributed by atoms with Gasteiger partial charge in [-0.2, -0.15) is 0 Å². The molecule has 0 amide bonds. The first kappa shape index (κ1) is 15.4. The van der Waals surface area contributed by atoms with Crippen molar-refractivity contribution in [1.29, 1.82) is 0 Å². The van der Waals surface area contributed by atoms with E-state index in [4.69, 9.17) is 4.74 Å². The molecule has 0 spiro atoms. The summed E-state index contributed by atoms with van der Waals surface area (Å²) in [6.07, 6.45) is 0.906. The summed E-state index contributed by atoms with van der Waals surface area (Å²) >= 11 is 0. The maximum Gasteiger partial charge on any atom is 0.310 e. The second kappa shape index (κ2) is 6.53. The summed E-state index contributed by atoms with van der Waals surface area (Å²) in [5.41, 5.74) is -0.390. The van der Waals surface area contributed by atoms with Gasteiger partial charge >= 0.3 is 5.97 Å². The number of nitrogens with zero attached hydrogens (tertiary/aromatic N) is 1. The quantitative estimate of drug-likeness (QED) is 0.777. The van der Waals surface area contributed by atoms with E-state index >= 15 is 0 Å². The van der Waals surface area contributed by atoms with Crippen molar-refractivity contribution in [2.75, 3.05) is 26.2 Å². The normalized spacial score (nSPS) is 25.2. The first-order valence-corrected chi connectivity index (χ1v) is 7.05. The smallest absolute Gasteiger partial charge is 0.310 e. The van der Waals surface area contributed by atoms with E-state index < -0.39 is 0 Å². The third-order valence-corrected chi connectivity index (χ3v) is 3.40. The lowest BCUT2D eigenvalue weighted by atomic mass is 9.94. The number of esters is 1. The highest BCUT2D eigenvalue weighted by atomic mass is 16.6. The summed E-state index contributed by atoms with van der Waals surface area (Å²) in [4.78, 5) is 14.5. The standard InChI is InChI=1S/C14H28N2O2/c1-6-16(7-2)12-8-11(9-15-10-12)13(17)18-14(3,4)5/h11-12,15H,6-10H2,1-5H3/t11-,12+/m0/s1. The van der Waals surface area contributed by atoms with Crippen LogP contribution in [0.1, 0.15) is 41.0 Å². The Morgan fingerprint density at radius 2 is 1.89 bits per heavy atom. The molecule has 106 valence electrons. The molecule has 1 aliphatic rings. The monoisotopic (exact) mass is 256 g/mol. The third-order valence-electron chi connectivity index (χ3n) is 3.40. The van der Waals surface area contributed by atoms with E-state index in [-0.39, 0.29) is 17.5 Å². The molecule has 1 N–H and O–H groups in total. The number of nitrogens with one attached hydrogen (secondary N) is 1. The Balaban J connectivity index is 2.55. The van der Waals surface area contributed by atoms with Gasteiger partial charge in [-0.15, -0.1) is 0 Å². The zero-order valence-corrected chi connectivity index (χ0v) is 12.5. The summed E-state index contributed by atoms with van der Waals surface area (Å²) in [6, 6.07) is 0.450. The van der Waals surface area contributed by atoms with Gasteiger partial charge in [0.2, 0.25) is 0 Å². The minimum absolute atomic E-state index is 0.0106. The Bertz CT molecular complexity index is 269. The molecule has 0 unspecified atom stereocenters. The number of rotatable bonds is 4. The highest BCUT2D eigenvalue weighted by molar-refractivity contribution is 5.73. The molecule has 1 rings (SSSR count). The van der Waals surface area contributed by atoms with Crippen molar-refractivity contribution in [2.45, 2.75) is 52.7 Å². The topological polar surface area (TPSA) is 41.6 Å². The van der Waals surface area contributed by atoms with E-state index in [1.54, 1.807) is 0 Å². The van der Waals surface area contributed by atoms with E-state index in [0.717, 1.165) is 32.6 Å². The highest BCUT2D eigenvalue weighted by Crippen LogP contribution is 2.20. The highest BCUT2D eigenvalue weighted by Gasteiger charge is 2.32. The molecule has 1 aliphatic heterocycles. The fourth-order valence-corrected chi connectivity index (χ4v) is 2.50. The average molecular weight is 256 g/mol. The van der Waals surface area contributed by atoms with Crippen molar-refractivity contribution < 1.29 is 9.53 Å². The van der Waals surface area contributed by atoms with E-state index in [1.165, 1.54) is 0 Å².